The summed E-state index contributed by atoms with van der Waals surface area (Å²) in [7, 11) is -0.688. The molecule has 2 nitrogen and oxygen atoms in total. The molecule has 0 aliphatic heterocycles. The van der Waals surface area contributed by atoms with Gasteiger partial charge in [-0.25, -0.2) is 0 Å². The number of benzene rings is 6. The molecule has 2 atom stereocenters. The van der Waals surface area contributed by atoms with Gasteiger partial charge in [-0.15, -0.1) is 0 Å². The van der Waals surface area contributed by atoms with E-state index in [-0.39, 0.29) is 12.0 Å². The highest BCUT2D eigenvalue weighted by Crippen LogP contribution is 2.51. The Morgan fingerprint density at radius 2 is 1.17 bits per heavy atom. The van der Waals surface area contributed by atoms with Crippen molar-refractivity contribution in [3.05, 3.63) is 157 Å². The molecular formula is C39H32NOP. The summed E-state index contributed by atoms with van der Waals surface area (Å²) in [6.45, 7) is 2.28. The van der Waals surface area contributed by atoms with Crippen LogP contribution in [0.4, 0.5) is 5.69 Å². The minimum Gasteiger partial charge on any atom is -0.507 e. The van der Waals surface area contributed by atoms with Crippen LogP contribution >= 0.6 is 7.92 Å². The van der Waals surface area contributed by atoms with E-state index in [1.54, 1.807) is 0 Å². The summed E-state index contributed by atoms with van der Waals surface area (Å²) in [5, 5.41) is 23.8. The molecule has 0 spiro atoms. The summed E-state index contributed by atoms with van der Waals surface area (Å²) in [4.78, 5) is 0. The first kappa shape index (κ1) is 26.3. The SMILES string of the molecule is C[C@@H](Nc1ccc2ccccc2c1-c1c(O)ccc2ccccc12)[C@@H]1C=CC=C1P(c1ccccc1)c1ccccc1. The smallest absolute Gasteiger partial charge is 0.124 e. The number of allylic oxidation sites excluding steroid dienone is 2. The van der Waals surface area contributed by atoms with Crippen molar-refractivity contribution in [1.29, 1.82) is 0 Å². The zero-order chi connectivity index (χ0) is 28.5. The molecule has 0 fully saturated rings. The number of aromatic hydroxyl groups is 1. The van der Waals surface area contributed by atoms with E-state index >= 15 is 0 Å². The first-order valence-electron chi connectivity index (χ1n) is 14.5. The average Bonchev–Trinajstić information content (AvgIpc) is 3.52. The Kier molecular flexibility index (Phi) is 7.08. The van der Waals surface area contributed by atoms with Gasteiger partial charge in [0.05, 0.1) is 0 Å². The van der Waals surface area contributed by atoms with Crippen LogP contribution in [0.3, 0.4) is 0 Å². The fourth-order valence-electron chi connectivity index (χ4n) is 6.25. The lowest BCUT2D eigenvalue weighted by molar-refractivity contribution is 0.478. The van der Waals surface area contributed by atoms with Gasteiger partial charge in [-0.1, -0.05) is 140 Å². The average molecular weight is 562 g/mol. The number of rotatable bonds is 7. The first-order chi connectivity index (χ1) is 20.7. The van der Waals surface area contributed by atoms with Gasteiger partial charge in [0.2, 0.25) is 0 Å². The van der Waals surface area contributed by atoms with Gasteiger partial charge in [-0.2, -0.15) is 0 Å². The molecule has 0 saturated heterocycles. The zero-order valence-electron chi connectivity index (χ0n) is 23.5. The quantitative estimate of drug-likeness (QED) is 0.190. The maximum Gasteiger partial charge on any atom is 0.124 e. The van der Waals surface area contributed by atoms with Crippen molar-refractivity contribution in [1.82, 2.24) is 0 Å². The predicted octanol–water partition coefficient (Wildman–Crippen LogP) is 9.37. The molecule has 7 rings (SSSR count). The lowest BCUT2D eigenvalue weighted by Crippen LogP contribution is -2.27. The topological polar surface area (TPSA) is 32.3 Å². The minimum absolute atomic E-state index is 0.115. The second-order valence-corrected chi connectivity index (χ2v) is 13.1. The fraction of sp³-hybridized carbons (Fsp3) is 0.0769. The third kappa shape index (κ3) is 4.79. The van der Waals surface area contributed by atoms with Gasteiger partial charge in [0, 0.05) is 28.8 Å². The Morgan fingerprint density at radius 1 is 0.619 bits per heavy atom. The normalized spacial score (nSPS) is 15.3. The van der Waals surface area contributed by atoms with Gasteiger partial charge in [-0.3, -0.25) is 0 Å². The molecule has 6 aromatic rings. The predicted molar refractivity (Wildman–Crippen MR) is 181 cm³/mol. The van der Waals surface area contributed by atoms with E-state index in [4.69, 9.17) is 0 Å². The second-order valence-electron chi connectivity index (χ2n) is 10.8. The molecule has 1 aliphatic carbocycles. The third-order valence-corrected chi connectivity index (χ3v) is 10.8. The van der Waals surface area contributed by atoms with Crippen molar-refractivity contribution in [3.8, 4) is 16.9 Å². The van der Waals surface area contributed by atoms with Gasteiger partial charge in [0.15, 0.2) is 0 Å². The third-order valence-electron chi connectivity index (χ3n) is 8.22. The zero-order valence-corrected chi connectivity index (χ0v) is 24.4. The van der Waals surface area contributed by atoms with Crippen LogP contribution in [0.1, 0.15) is 6.92 Å². The summed E-state index contributed by atoms with van der Waals surface area (Å²) in [5.41, 5.74) is 2.93. The van der Waals surface area contributed by atoms with Crippen LogP contribution in [0.5, 0.6) is 5.75 Å². The van der Waals surface area contributed by atoms with E-state index < -0.39 is 7.92 Å². The first-order valence-corrected chi connectivity index (χ1v) is 15.8. The molecule has 0 amide bonds. The van der Waals surface area contributed by atoms with Crippen molar-refractivity contribution in [2.75, 3.05) is 5.32 Å². The number of phenolic OH excluding ortho intramolecular Hbond substituents is 1. The molecule has 0 radical (unpaired) electrons. The molecule has 6 aromatic carbocycles. The van der Waals surface area contributed by atoms with Gasteiger partial charge in [0.1, 0.15) is 5.75 Å². The van der Waals surface area contributed by atoms with Crippen molar-refractivity contribution in [2.24, 2.45) is 5.92 Å². The summed E-state index contributed by atoms with van der Waals surface area (Å²) >= 11 is 0. The minimum atomic E-state index is -0.688. The van der Waals surface area contributed by atoms with Crippen molar-refractivity contribution >= 4 is 45.8 Å². The maximum atomic E-state index is 11.3. The van der Waals surface area contributed by atoms with Crippen molar-refractivity contribution in [2.45, 2.75) is 13.0 Å². The molecule has 1 aliphatic rings. The van der Waals surface area contributed by atoms with Crippen LogP contribution < -0.4 is 15.9 Å². The number of hydrogen-bond donors (Lipinski definition) is 2. The fourth-order valence-corrected chi connectivity index (χ4v) is 8.93. The Morgan fingerprint density at radius 3 is 1.81 bits per heavy atom. The van der Waals surface area contributed by atoms with Gasteiger partial charge < -0.3 is 10.4 Å². The van der Waals surface area contributed by atoms with E-state index in [1.807, 2.05) is 24.3 Å². The summed E-state index contributed by atoms with van der Waals surface area (Å²) in [5.74, 6) is 0.510. The molecule has 42 heavy (non-hydrogen) atoms. The Balaban J connectivity index is 1.32. The maximum absolute atomic E-state index is 11.3. The molecule has 0 unspecified atom stereocenters. The number of anilines is 1. The van der Waals surface area contributed by atoms with E-state index in [9.17, 15) is 5.11 Å². The molecule has 0 bridgehead atoms. The highest BCUT2D eigenvalue weighted by Gasteiger charge is 2.30. The Labute approximate surface area is 248 Å². The summed E-state index contributed by atoms with van der Waals surface area (Å²) in [6, 6.07) is 46.8. The number of hydrogen-bond acceptors (Lipinski definition) is 2. The Hall–Kier alpha value is -4.65. The molecule has 0 heterocycles. The van der Waals surface area contributed by atoms with Crippen LogP contribution in [-0.2, 0) is 0 Å². The molecule has 204 valence electrons. The van der Waals surface area contributed by atoms with Crippen molar-refractivity contribution in [3.63, 3.8) is 0 Å². The van der Waals surface area contributed by atoms with Crippen LogP contribution in [0.2, 0.25) is 0 Å². The van der Waals surface area contributed by atoms with E-state index in [0.29, 0.717) is 5.75 Å². The van der Waals surface area contributed by atoms with E-state index in [0.717, 1.165) is 38.4 Å². The van der Waals surface area contributed by atoms with Crippen LogP contribution in [-0.4, -0.2) is 11.1 Å². The van der Waals surface area contributed by atoms with Crippen LogP contribution in [0.15, 0.2) is 157 Å². The summed E-state index contributed by atoms with van der Waals surface area (Å²) < 4.78 is 0. The molecule has 0 aromatic heterocycles. The molecular weight excluding hydrogens is 529 g/mol. The largest absolute Gasteiger partial charge is 0.507 e. The van der Waals surface area contributed by atoms with Crippen LogP contribution in [0.25, 0.3) is 32.7 Å². The Bertz CT molecular complexity index is 1910. The highest BCUT2D eigenvalue weighted by atomic mass is 31.1. The number of phenols is 1. The van der Waals surface area contributed by atoms with Gasteiger partial charge >= 0.3 is 0 Å². The lowest BCUT2D eigenvalue weighted by atomic mass is 9.91. The summed E-state index contributed by atoms with van der Waals surface area (Å²) in [6.07, 6.45) is 6.88. The highest BCUT2D eigenvalue weighted by molar-refractivity contribution is 7.76. The monoisotopic (exact) mass is 561 g/mol. The molecule has 0 saturated carbocycles. The standard InChI is InChI=1S/C39H32NOP/c1-27(32-21-12-22-37(32)42(30-15-4-2-5-16-30)31-17-6-3-7-18-31)40-35-25-23-28-13-8-10-19-33(28)38(35)39-34-20-11-9-14-29(34)24-26-36(39)41/h2-27,32,40-41H,1H3/t27-,32+/m1/s1. The van der Waals surface area contributed by atoms with Gasteiger partial charge in [-0.05, 0) is 64.4 Å². The molecule has 2 N–H and O–H groups in total. The van der Waals surface area contributed by atoms with E-state index in [1.165, 1.54) is 15.9 Å². The van der Waals surface area contributed by atoms with Crippen molar-refractivity contribution < 1.29 is 5.11 Å². The number of fused-ring (bicyclic) bond motifs is 2. The molecule has 3 heteroatoms. The van der Waals surface area contributed by atoms with Crippen LogP contribution in [0, 0.1) is 5.92 Å². The van der Waals surface area contributed by atoms with Gasteiger partial charge in [0.25, 0.3) is 0 Å². The second kappa shape index (κ2) is 11.3. The lowest BCUT2D eigenvalue weighted by Gasteiger charge is -2.30. The van der Waals surface area contributed by atoms with E-state index in [2.05, 4.69) is 140 Å². The number of nitrogens with one attached hydrogen (secondary N) is 1.